The summed E-state index contributed by atoms with van der Waals surface area (Å²) in [6.07, 6.45) is 25.6. The van der Waals surface area contributed by atoms with Gasteiger partial charge in [-0.05, 0) is 98.7 Å². The van der Waals surface area contributed by atoms with Crippen molar-refractivity contribution in [3.05, 3.63) is 0 Å². The number of rotatable bonds is 0. The molecule has 41 heavy (non-hydrogen) atoms. The van der Waals surface area contributed by atoms with Crippen molar-refractivity contribution in [2.45, 2.75) is 152 Å². The summed E-state index contributed by atoms with van der Waals surface area (Å²) in [5, 5.41) is 33.8. The minimum atomic E-state index is 0. The Morgan fingerprint density at radius 1 is 0.220 bits per heavy atom. The molecular formula is C32H59BiN8. The average Bonchev–Trinajstić information content (AvgIpc) is 3.73. The van der Waals surface area contributed by atoms with Gasteiger partial charge in [0.1, 0.15) is 0 Å². The summed E-state index contributed by atoms with van der Waals surface area (Å²) in [4.78, 5) is 0. The van der Waals surface area contributed by atoms with Crippen LogP contribution in [0.2, 0.25) is 0 Å². The van der Waals surface area contributed by atoms with Gasteiger partial charge in [-0.2, -0.15) is 0 Å². The second kappa shape index (κ2) is 12.1. The summed E-state index contributed by atoms with van der Waals surface area (Å²) in [6, 6.07) is 0. The van der Waals surface area contributed by atoms with Gasteiger partial charge in [0.15, 0.2) is 0 Å². The first-order chi connectivity index (χ1) is 19.8. The Morgan fingerprint density at radius 2 is 0.341 bits per heavy atom. The molecule has 0 spiro atoms. The molecule has 0 aromatic carbocycles. The van der Waals surface area contributed by atoms with E-state index in [1.165, 1.54) is 103 Å². The molecule has 0 amide bonds. The van der Waals surface area contributed by atoms with Gasteiger partial charge in [-0.25, -0.2) is 0 Å². The third-order valence-corrected chi connectivity index (χ3v) is 13.8. The summed E-state index contributed by atoms with van der Waals surface area (Å²) in [6.45, 7) is 0. The molecule has 5 saturated heterocycles. The molecule has 0 aromatic rings. The number of hydrogen-bond donors (Lipinski definition) is 8. The summed E-state index contributed by atoms with van der Waals surface area (Å²) in [7, 11) is 0. The third-order valence-electron chi connectivity index (χ3n) is 13.8. The summed E-state index contributed by atoms with van der Waals surface area (Å²) >= 11 is 0. The van der Waals surface area contributed by atoms with Crippen LogP contribution in [-0.2, 0) is 0 Å². The SMILES string of the molecule is C1CCC2C3NC(NC4NC(NC5NC(NC6NC(N3)C3CCCCC63)C3CCCCC53)C3CCCCC43)C2C1.[BiH3]. The molecule has 9 heteroatoms. The van der Waals surface area contributed by atoms with E-state index in [1.54, 1.807) is 0 Å². The van der Waals surface area contributed by atoms with Crippen LogP contribution in [0.25, 0.3) is 0 Å². The molecule has 4 aliphatic carbocycles. The van der Waals surface area contributed by atoms with E-state index in [9.17, 15) is 0 Å². The van der Waals surface area contributed by atoms with Crippen LogP contribution in [0.4, 0.5) is 0 Å². The first kappa shape index (κ1) is 29.0. The van der Waals surface area contributed by atoms with Crippen LogP contribution in [0.3, 0.4) is 0 Å². The van der Waals surface area contributed by atoms with E-state index in [0.717, 1.165) is 47.3 Å². The zero-order valence-electron chi connectivity index (χ0n) is 25.3. The van der Waals surface area contributed by atoms with Gasteiger partial charge in [0.2, 0.25) is 0 Å². The van der Waals surface area contributed by atoms with E-state index in [1.807, 2.05) is 0 Å². The van der Waals surface area contributed by atoms with Crippen molar-refractivity contribution in [2.75, 3.05) is 0 Å². The molecule has 8 N–H and O–H groups in total. The van der Waals surface area contributed by atoms with Crippen molar-refractivity contribution in [1.82, 2.24) is 42.5 Å². The van der Waals surface area contributed by atoms with E-state index >= 15 is 0 Å². The molecule has 9 fully saturated rings. The van der Waals surface area contributed by atoms with Gasteiger partial charge in [-0.3, -0.25) is 42.5 Å². The van der Waals surface area contributed by atoms with Crippen molar-refractivity contribution >= 4 is 26.2 Å². The van der Waals surface area contributed by atoms with Gasteiger partial charge < -0.3 is 0 Å². The van der Waals surface area contributed by atoms with E-state index in [-0.39, 0.29) is 26.2 Å². The molecule has 5 aliphatic heterocycles. The van der Waals surface area contributed by atoms with Crippen molar-refractivity contribution < 1.29 is 0 Å². The molecule has 9 rings (SSSR count). The van der Waals surface area contributed by atoms with Crippen LogP contribution in [0, 0.1) is 47.3 Å². The fourth-order valence-electron chi connectivity index (χ4n) is 12.0. The Kier molecular flexibility index (Phi) is 8.53. The van der Waals surface area contributed by atoms with Gasteiger partial charge in [-0.15, -0.1) is 0 Å². The van der Waals surface area contributed by atoms with Crippen LogP contribution in [0.15, 0.2) is 0 Å². The molecule has 8 bridgehead atoms. The Labute approximate surface area is 267 Å². The van der Waals surface area contributed by atoms with Crippen molar-refractivity contribution in [3.63, 3.8) is 0 Å². The van der Waals surface area contributed by atoms with Crippen molar-refractivity contribution in [1.29, 1.82) is 0 Å². The molecule has 8 atom stereocenters. The van der Waals surface area contributed by atoms with Crippen LogP contribution >= 0.6 is 0 Å². The monoisotopic (exact) mass is 764 g/mol. The fourth-order valence-corrected chi connectivity index (χ4v) is 12.0. The van der Waals surface area contributed by atoms with E-state index in [0.29, 0.717) is 49.3 Å². The van der Waals surface area contributed by atoms with E-state index < -0.39 is 0 Å². The second-order valence-electron chi connectivity index (χ2n) is 15.6. The summed E-state index contributed by atoms with van der Waals surface area (Å²) < 4.78 is 0. The summed E-state index contributed by atoms with van der Waals surface area (Å²) in [5.41, 5.74) is 0. The second-order valence-corrected chi connectivity index (χ2v) is 15.6. The normalized spacial score (nSPS) is 56.2. The summed E-state index contributed by atoms with van der Waals surface area (Å²) in [5.74, 6) is 5.97. The average molecular weight is 765 g/mol. The third kappa shape index (κ3) is 5.12. The van der Waals surface area contributed by atoms with Gasteiger partial charge in [0.25, 0.3) is 0 Å². The standard InChI is InChI=1S/C32H56N8.Bi.3H/c1-2-10-18-17(9-1)25-33-26(18)38-28-21-13-5-6-14-22(21)30(35-28)40-32-24-16-8-7-15-23(24)31(36-32)39-29-20-12-4-3-11-19(20)27(34-29)37-25;;;;/h17-40H,1-16H2;;;;. The van der Waals surface area contributed by atoms with Crippen LogP contribution in [0.1, 0.15) is 103 Å². The minimum absolute atomic E-state index is 0. The van der Waals surface area contributed by atoms with Crippen molar-refractivity contribution in [2.24, 2.45) is 47.3 Å². The maximum absolute atomic E-state index is 4.26. The molecule has 0 radical (unpaired) electrons. The van der Waals surface area contributed by atoms with Gasteiger partial charge >= 0.3 is 26.2 Å². The fraction of sp³-hybridized carbons (Fsp3) is 1.00. The van der Waals surface area contributed by atoms with Crippen molar-refractivity contribution in [3.8, 4) is 0 Å². The van der Waals surface area contributed by atoms with E-state index in [2.05, 4.69) is 42.5 Å². The van der Waals surface area contributed by atoms with E-state index in [4.69, 9.17) is 0 Å². The van der Waals surface area contributed by atoms with Gasteiger partial charge in [0.05, 0.1) is 49.3 Å². The molecule has 5 heterocycles. The van der Waals surface area contributed by atoms with Crippen LogP contribution in [-0.4, -0.2) is 75.5 Å². The number of nitrogens with one attached hydrogen (secondary N) is 8. The molecule has 0 aromatic heterocycles. The van der Waals surface area contributed by atoms with Gasteiger partial charge in [-0.1, -0.05) is 51.4 Å². The Balaban J connectivity index is 0.00000256. The molecule has 232 valence electrons. The maximum atomic E-state index is 4.26. The predicted molar refractivity (Wildman–Crippen MR) is 167 cm³/mol. The zero-order chi connectivity index (χ0) is 26.2. The molecule has 9 aliphatic rings. The molecule has 8 nitrogen and oxygen atoms in total. The molecule has 8 unspecified atom stereocenters. The topological polar surface area (TPSA) is 96.2 Å². The first-order valence-corrected chi connectivity index (χ1v) is 17.9. The first-order valence-electron chi connectivity index (χ1n) is 17.9. The predicted octanol–water partition coefficient (Wildman–Crippen LogP) is 1.42. The number of hydrogen-bond acceptors (Lipinski definition) is 8. The van der Waals surface area contributed by atoms with Crippen LogP contribution in [0.5, 0.6) is 0 Å². The van der Waals surface area contributed by atoms with Gasteiger partial charge in [0, 0.05) is 0 Å². The molecule has 4 saturated carbocycles. The molecular weight excluding hydrogens is 705 g/mol. The number of fused-ring (bicyclic) bond motifs is 20. The van der Waals surface area contributed by atoms with Crippen LogP contribution < -0.4 is 42.5 Å². The zero-order valence-corrected chi connectivity index (χ0v) is 30.8. The Bertz CT molecular complexity index is 716. The Morgan fingerprint density at radius 3 is 0.463 bits per heavy atom. The Hall–Kier alpha value is 0.563. The quantitative estimate of drug-likeness (QED) is 0.176.